The van der Waals surface area contributed by atoms with Crippen LogP contribution < -0.4 is 11.3 Å². The summed E-state index contributed by atoms with van der Waals surface area (Å²) in [5, 5.41) is 11.4. The number of nitrogens with one attached hydrogen (secondary N) is 1. The number of fused-ring (bicyclic) bond motifs is 1. The number of benzene rings is 1. The molecule has 7 heteroatoms. The van der Waals surface area contributed by atoms with Crippen LogP contribution in [-0.2, 0) is 6.42 Å². The largest absolute Gasteiger partial charge is 0.327 e. The zero-order chi connectivity index (χ0) is 14.3. The van der Waals surface area contributed by atoms with Gasteiger partial charge >= 0.3 is 0 Å². The molecule has 0 bridgehead atoms. The normalized spacial score (nSPS) is 16.2. The standard InChI is InChI=1S/C13H14N4O3/c14-10(7-1-2-7)3-8-4-11-9(5-12(8)17(19)20)13(18)16-6-15-11/h4-7,10H,1-3,14H2,(H,15,16,18). The van der Waals surface area contributed by atoms with E-state index in [0.29, 0.717) is 23.4 Å². The van der Waals surface area contributed by atoms with E-state index in [1.165, 1.54) is 12.4 Å². The molecule has 3 N–H and O–H groups in total. The number of nitrogens with zero attached hydrogens (tertiary/aromatic N) is 2. The van der Waals surface area contributed by atoms with Gasteiger partial charge in [-0.15, -0.1) is 0 Å². The van der Waals surface area contributed by atoms with Crippen molar-refractivity contribution in [1.82, 2.24) is 9.97 Å². The SMILES string of the molecule is NC(Cc1cc2nc[nH]c(=O)c2cc1[N+](=O)[O-])C1CC1. The second kappa shape index (κ2) is 4.68. The third-order valence-corrected chi connectivity index (χ3v) is 3.72. The molecule has 0 saturated heterocycles. The van der Waals surface area contributed by atoms with Crippen LogP contribution in [0.2, 0.25) is 0 Å². The maximum atomic E-state index is 11.7. The molecule has 0 amide bonds. The Labute approximate surface area is 114 Å². The molecular weight excluding hydrogens is 260 g/mol. The molecule has 0 aliphatic heterocycles. The zero-order valence-electron chi connectivity index (χ0n) is 10.7. The number of nitro groups is 1. The minimum atomic E-state index is -0.471. The summed E-state index contributed by atoms with van der Waals surface area (Å²) >= 11 is 0. The molecule has 1 aromatic heterocycles. The van der Waals surface area contributed by atoms with Gasteiger partial charge in [0.2, 0.25) is 0 Å². The third kappa shape index (κ3) is 2.27. The monoisotopic (exact) mass is 274 g/mol. The first-order chi connectivity index (χ1) is 9.56. The average Bonchev–Trinajstić information content (AvgIpc) is 3.22. The number of hydrogen-bond acceptors (Lipinski definition) is 5. The lowest BCUT2D eigenvalue weighted by Crippen LogP contribution is -2.25. The molecule has 1 aliphatic carbocycles. The second-order valence-corrected chi connectivity index (χ2v) is 5.19. The van der Waals surface area contributed by atoms with E-state index >= 15 is 0 Å². The van der Waals surface area contributed by atoms with Gasteiger partial charge in [-0.2, -0.15) is 0 Å². The number of rotatable bonds is 4. The van der Waals surface area contributed by atoms with Gasteiger partial charge in [0.1, 0.15) is 0 Å². The molecule has 0 spiro atoms. The Bertz CT molecular complexity index is 736. The van der Waals surface area contributed by atoms with Crippen LogP contribution in [-0.4, -0.2) is 20.9 Å². The zero-order valence-corrected chi connectivity index (χ0v) is 10.7. The maximum Gasteiger partial charge on any atom is 0.273 e. The Balaban J connectivity index is 2.10. The average molecular weight is 274 g/mol. The maximum absolute atomic E-state index is 11.7. The van der Waals surface area contributed by atoms with Gasteiger partial charge in [0.25, 0.3) is 11.2 Å². The summed E-state index contributed by atoms with van der Waals surface area (Å²) in [5.41, 5.74) is 6.60. The van der Waals surface area contributed by atoms with E-state index in [4.69, 9.17) is 5.73 Å². The van der Waals surface area contributed by atoms with Gasteiger partial charge in [-0.3, -0.25) is 14.9 Å². The number of aromatic amines is 1. The van der Waals surface area contributed by atoms with Gasteiger partial charge in [-0.05, 0) is 31.2 Å². The number of nitro benzene ring substituents is 1. The van der Waals surface area contributed by atoms with Crippen molar-refractivity contribution in [1.29, 1.82) is 0 Å². The highest BCUT2D eigenvalue weighted by molar-refractivity contribution is 5.81. The third-order valence-electron chi connectivity index (χ3n) is 3.72. The van der Waals surface area contributed by atoms with E-state index < -0.39 is 4.92 Å². The fraction of sp³-hybridized carbons (Fsp3) is 0.385. The van der Waals surface area contributed by atoms with E-state index in [9.17, 15) is 14.9 Å². The first kappa shape index (κ1) is 12.7. The molecule has 3 rings (SSSR count). The molecule has 1 atom stereocenters. The molecule has 2 aromatic rings. The summed E-state index contributed by atoms with van der Waals surface area (Å²) in [6, 6.07) is 2.81. The van der Waals surface area contributed by atoms with E-state index in [0.717, 1.165) is 12.8 Å². The quantitative estimate of drug-likeness (QED) is 0.640. The molecule has 1 fully saturated rings. The van der Waals surface area contributed by atoms with Crippen molar-refractivity contribution < 1.29 is 4.92 Å². The number of aromatic nitrogens is 2. The Morgan fingerprint density at radius 3 is 2.90 bits per heavy atom. The Kier molecular flexibility index (Phi) is 2.98. The van der Waals surface area contributed by atoms with Gasteiger partial charge in [0, 0.05) is 17.7 Å². The van der Waals surface area contributed by atoms with Crippen LogP contribution >= 0.6 is 0 Å². The van der Waals surface area contributed by atoms with Crippen LogP contribution in [0.15, 0.2) is 23.3 Å². The predicted molar refractivity (Wildman–Crippen MR) is 73.4 cm³/mol. The molecular formula is C13H14N4O3. The summed E-state index contributed by atoms with van der Waals surface area (Å²) < 4.78 is 0. The second-order valence-electron chi connectivity index (χ2n) is 5.19. The minimum Gasteiger partial charge on any atom is -0.327 e. The Morgan fingerprint density at radius 1 is 1.50 bits per heavy atom. The van der Waals surface area contributed by atoms with Crippen molar-refractivity contribution in [2.75, 3.05) is 0 Å². The van der Waals surface area contributed by atoms with Gasteiger partial charge < -0.3 is 10.7 Å². The van der Waals surface area contributed by atoms with Gasteiger partial charge in [0.05, 0.1) is 22.2 Å². The van der Waals surface area contributed by atoms with Gasteiger partial charge in [0.15, 0.2) is 0 Å². The van der Waals surface area contributed by atoms with Gasteiger partial charge in [-0.25, -0.2) is 4.98 Å². The van der Waals surface area contributed by atoms with Crippen molar-refractivity contribution in [3.05, 3.63) is 44.5 Å². The molecule has 0 radical (unpaired) electrons. The first-order valence-corrected chi connectivity index (χ1v) is 6.46. The van der Waals surface area contributed by atoms with Crippen LogP contribution in [0.4, 0.5) is 5.69 Å². The van der Waals surface area contributed by atoms with Crippen molar-refractivity contribution in [2.24, 2.45) is 11.7 Å². The fourth-order valence-corrected chi connectivity index (χ4v) is 2.43. The van der Waals surface area contributed by atoms with Crippen LogP contribution in [0.25, 0.3) is 10.9 Å². The van der Waals surface area contributed by atoms with Crippen molar-refractivity contribution in [3.8, 4) is 0 Å². The molecule has 1 saturated carbocycles. The number of H-pyrrole nitrogens is 1. The van der Waals surface area contributed by atoms with Crippen LogP contribution in [0, 0.1) is 16.0 Å². The fourth-order valence-electron chi connectivity index (χ4n) is 2.43. The van der Waals surface area contributed by atoms with Gasteiger partial charge in [-0.1, -0.05) is 0 Å². The highest BCUT2D eigenvalue weighted by Gasteiger charge is 2.30. The first-order valence-electron chi connectivity index (χ1n) is 6.46. The Morgan fingerprint density at radius 2 is 2.25 bits per heavy atom. The van der Waals surface area contributed by atoms with E-state index in [2.05, 4.69) is 9.97 Å². The minimum absolute atomic E-state index is 0.0629. The molecule has 1 aliphatic rings. The van der Waals surface area contributed by atoms with E-state index in [-0.39, 0.29) is 22.7 Å². The predicted octanol–water partition coefficient (Wildman–Crippen LogP) is 1.11. The molecule has 1 unspecified atom stereocenters. The molecule has 1 heterocycles. The van der Waals surface area contributed by atoms with Crippen molar-refractivity contribution in [3.63, 3.8) is 0 Å². The number of hydrogen-bond donors (Lipinski definition) is 2. The summed E-state index contributed by atoms with van der Waals surface area (Å²) in [5.74, 6) is 0.456. The summed E-state index contributed by atoms with van der Waals surface area (Å²) in [4.78, 5) is 28.8. The smallest absolute Gasteiger partial charge is 0.273 e. The number of nitrogens with two attached hydrogens (primary N) is 1. The highest BCUT2D eigenvalue weighted by Crippen LogP contribution is 2.34. The molecule has 104 valence electrons. The van der Waals surface area contributed by atoms with Crippen LogP contribution in [0.5, 0.6) is 0 Å². The van der Waals surface area contributed by atoms with E-state index in [1.807, 2.05) is 0 Å². The summed E-state index contributed by atoms with van der Waals surface area (Å²) in [6.45, 7) is 0. The van der Waals surface area contributed by atoms with Crippen molar-refractivity contribution in [2.45, 2.75) is 25.3 Å². The van der Waals surface area contributed by atoms with E-state index in [1.54, 1.807) is 6.07 Å². The van der Waals surface area contributed by atoms with Crippen LogP contribution in [0.3, 0.4) is 0 Å². The van der Waals surface area contributed by atoms with Crippen molar-refractivity contribution >= 4 is 16.6 Å². The molecule has 1 aromatic carbocycles. The Hall–Kier alpha value is -2.28. The summed E-state index contributed by atoms with van der Waals surface area (Å²) in [7, 11) is 0. The lowest BCUT2D eigenvalue weighted by atomic mass is 10.00. The van der Waals surface area contributed by atoms with Crippen LogP contribution in [0.1, 0.15) is 18.4 Å². The lowest BCUT2D eigenvalue weighted by molar-refractivity contribution is -0.385. The molecule has 20 heavy (non-hydrogen) atoms. The topological polar surface area (TPSA) is 115 Å². The summed E-state index contributed by atoms with van der Waals surface area (Å²) in [6.07, 6.45) is 3.90. The molecule has 7 nitrogen and oxygen atoms in total. The highest BCUT2D eigenvalue weighted by atomic mass is 16.6. The lowest BCUT2D eigenvalue weighted by Gasteiger charge is -2.11.